The summed E-state index contributed by atoms with van der Waals surface area (Å²) >= 11 is 0. The second-order valence-electron chi connectivity index (χ2n) is 7.36. The summed E-state index contributed by atoms with van der Waals surface area (Å²) in [4.78, 5) is 0. The van der Waals surface area contributed by atoms with Crippen molar-refractivity contribution in [2.45, 2.75) is 57.3 Å². The van der Waals surface area contributed by atoms with Crippen LogP contribution in [-0.4, -0.2) is 9.78 Å². The summed E-state index contributed by atoms with van der Waals surface area (Å²) in [6, 6.07) is 0. The number of ether oxygens (including phenoxy) is 1. The molecule has 1 aromatic heterocycles. The van der Waals surface area contributed by atoms with Gasteiger partial charge in [0, 0.05) is 5.56 Å². The van der Waals surface area contributed by atoms with E-state index in [1.165, 1.54) is 44.2 Å². The average Bonchev–Trinajstić information content (AvgIpc) is 2.92. The highest BCUT2D eigenvalue weighted by molar-refractivity contribution is 5.44. The normalized spacial score (nSPS) is 42.8. The number of nitrogens with two attached hydrogens (primary N) is 1. The fourth-order valence-electron chi connectivity index (χ4n) is 5.78. The third kappa shape index (κ3) is 1.31. The van der Waals surface area contributed by atoms with Gasteiger partial charge in [-0.25, -0.2) is 0 Å². The van der Waals surface area contributed by atoms with Gasteiger partial charge in [0.05, 0.1) is 24.4 Å². The number of nitrogens with zero attached hydrogens (tertiary/aromatic N) is 2. The van der Waals surface area contributed by atoms with Crippen LogP contribution in [0.1, 0.15) is 49.8 Å². The number of aromatic nitrogens is 2. The Bertz CT molecular complexity index is 513. The molecule has 0 saturated heterocycles. The zero-order valence-electron chi connectivity index (χ0n) is 11.3. The third-order valence-corrected chi connectivity index (χ3v) is 6.06. The number of hydrogen-bond acceptors (Lipinski definition) is 3. The SMILES string of the molecule is Nc1nn(C23CC4CC(CC(C4)C2)C3)c2c1COC2. The summed E-state index contributed by atoms with van der Waals surface area (Å²) in [5.74, 6) is 3.53. The molecular weight excluding hydrogens is 238 g/mol. The molecule has 4 heteroatoms. The second kappa shape index (κ2) is 3.35. The van der Waals surface area contributed by atoms with Crippen LogP contribution in [0.5, 0.6) is 0 Å². The molecule has 0 atom stereocenters. The summed E-state index contributed by atoms with van der Waals surface area (Å²) in [6.07, 6.45) is 8.38. The molecule has 19 heavy (non-hydrogen) atoms. The van der Waals surface area contributed by atoms with E-state index < -0.39 is 0 Å². The van der Waals surface area contributed by atoms with Crippen molar-refractivity contribution >= 4 is 5.82 Å². The molecule has 4 saturated carbocycles. The molecule has 0 radical (unpaired) electrons. The Morgan fingerprint density at radius 3 is 2.32 bits per heavy atom. The molecule has 0 spiro atoms. The van der Waals surface area contributed by atoms with Crippen LogP contribution in [0.3, 0.4) is 0 Å². The van der Waals surface area contributed by atoms with Crippen LogP contribution in [0.4, 0.5) is 5.82 Å². The summed E-state index contributed by atoms with van der Waals surface area (Å²) in [5.41, 5.74) is 8.82. The molecule has 1 aliphatic heterocycles. The van der Waals surface area contributed by atoms with Gasteiger partial charge in [0.1, 0.15) is 0 Å². The molecule has 0 unspecified atom stereocenters. The van der Waals surface area contributed by atoms with Gasteiger partial charge in [0.15, 0.2) is 5.82 Å². The summed E-state index contributed by atoms with van der Waals surface area (Å²) < 4.78 is 7.91. The van der Waals surface area contributed by atoms with Crippen molar-refractivity contribution in [3.8, 4) is 0 Å². The van der Waals surface area contributed by atoms with Crippen LogP contribution >= 0.6 is 0 Å². The van der Waals surface area contributed by atoms with Gasteiger partial charge >= 0.3 is 0 Å². The fraction of sp³-hybridized carbons (Fsp3) is 0.800. The van der Waals surface area contributed by atoms with Crippen LogP contribution in [0.25, 0.3) is 0 Å². The van der Waals surface area contributed by atoms with E-state index in [2.05, 4.69) is 4.68 Å². The van der Waals surface area contributed by atoms with Gasteiger partial charge in [0.25, 0.3) is 0 Å². The first kappa shape index (κ1) is 10.7. The molecule has 102 valence electrons. The number of hydrogen-bond donors (Lipinski definition) is 1. The van der Waals surface area contributed by atoms with Gasteiger partial charge in [-0.3, -0.25) is 4.68 Å². The number of anilines is 1. The first-order chi connectivity index (χ1) is 9.23. The predicted octanol–water partition coefficient (Wildman–Crippen LogP) is 2.42. The summed E-state index contributed by atoms with van der Waals surface area (Å²) in [7, 11) is 0. The Balaban J connectivity index is 1.64. The highest BCUT2D eigenvalue weighted by Gasteiger charge is 2.53. The number of nitrogen functional groups attached to an aromatic ring is 1. The van der Waals surface area contributed by atoms with Gasteiger partial charge in [0.2, 0.25) is 0 Å². The highest BCUT2D eigenvalue weighted by Crippen LogP contribution is 2.59. The first-order valence-electron chi connectivity index (χ1n) is 7.68. The topological polar surface area (TPSA) is 53.1 Å². The Hall–Kier alpha value is -1.03. The molecule has 4 bridgehead atoms. The highest BCUT2D eigenvalue weighted by atomic mass is 16.5. The van der Waals surface area contributed by atoms with Crippen LogP contribution in [0, 0.1) is 17.8 Å². The summed E-state index contributed by atoms with van der Waals surface area (Å²) in [5, 5.41) is 4.74. The minimum Gasteiger partial charge on any atom is -0.382 e. The average molecular weight is 259 g/mol. The van der Waals surface area contributed by atoms with E-state index >= 15 is 0 Å². The monoisotopic (exact) mass is 259 g/mol. The largest absolute Gasteiger partial charge is 0.382 e. The van der Waals surface area contributed by atoms with Gasteiger partial charge in [-0.15, -0.1) is 0 Å². The molecule has 5 aliphatic rings. The predicted molar refractivity (Wildman–Crippen MR) is 71.3 cm³/mol. The van der Waals surface area contributed by atoms with E-state index in [1.807, 2.05) is 0 Å². The van der Waals surface area contributed by atoms with Crippen LogP contribution < -0.4 is 5.73 Å². The Labute approximate surface area is 113 Å². The maximum atomic E-state index is 6.10. The van der Waals surface area contributed by atoms with Crippen molar-refractivity contribution in [2.75, 3.05) is 5.73 Å². The molecule has 2 N–H and O–H groups in total. The van der Waals surface area contributed by atoms with Crippen LogP contribution in [0.15, 0.2) is 0 Å². The maximum Gasteiger partial charge on any atom is 0.151 e. The Kier molecular flexibility index (Phi) is 1.89. The molecule has 4 fully saturated rings. The first-order valence-corrected chi connectivity index (χ1v) is 7.68. The van der Waals surface area contributed by atoms with Crippen molar-refractivity contribution in [1.82, 2.24) is 9.78 Å². The van der Waals surface area contributed by atoms with E-state index in [1.54, 1.807) is 0 Å². The molecule has 6 rings (SSSR count). The quantitative estimate of drug-likeness (QED) is 0.842. The Morgan fingerprint density at radius 1 is 1.05 bits per heavy atom. The fourth-order valence-corrected chi connectivity index (χ4v) is 5.78. The third-order valence-electron chi connectivity index (χ3n) is 6.06. The van der Waals surface area contributed by atoms with E-state index in [4.69, 9.17) is 15.6 Å². The lowest BCUT2D eigenvalue weighted by Crippen LogP contribution is -2.52. The molecule has 4 nitrogen and oxygen atoms in total. The van der Waals surface area contributed by atoms with Crippen LogP contribution in [0.2, 0.25) is 0 Å². The maximum absolute atomic E-state index is 6.10. The van der Waals surface area contributed by atoms with E-state index in [0.29, 0.717) is 19.0 Å². The van der Waals surface area contributed by atoms with Gasteiger partial charge in [-0.05, 0) is 56.3 Å². The van der Waals surface area contributed by atoms with Crippen molar-refractivity contribution in [1.29, 1.82) is 0 Å². The second-order valence-corrected chi connectivity index (χ2v) is 7.36. The van der Waals surface area contributed by atoms with Crippen molar-refractivity contribution < 1.29 is 4.74 Å². The standard InChI is InChI=1S/C15H21N3O/c16-14-12-7-19-8-13(12)18(17-14)15-4-9-1-10(5-15)3-11(2-9)6-15/h9-11H,1-8H2,(H2,16,17). The molecule has 2 heterocycles. The minimum atomic E-state index is 0.282. The van der Waals surface area contributed by atoms with E-state index in [9.17, 15) is 0 Å². The number of fused-ring (bicyclic) bond motifs is 1. The zero-order valence-corrected chi connectivity index (χ0v) is 11.3. The zero-order chi connectivity index (χ0) is 12.6. The minimum absolute atomic E-state index is 0.282. The van der Waals surface area contributed by atoms with Gasteiger partial charge < -0.3 is 10.5 Å². The molecule has 0 amide bonds. The lowest BCUT2D eigenvalue weighted by Gasteiger charge is -2.56. The van der Waals surface area contributed by atoms with Crippen molar-refractivity contribution in [3.63, 3.8) is 0 Å². The van der Waals surface area contributed by atoms with E-state index in [0.717, 1.165) is 23.3 Å². The van der Waals surface area contributed by atoms with Crippen LogP contribution in [-0.2, 0) is 23.5 Å². The lowest BCUT2D eigenvalue weighted by molar-refractivity contribution is -0.0520. The molecule has 4 aliphatic carbocycles. The summed E-state index contributed by atoms with van der Waals surface area (Å²) in [6.45, 7) is 1.37. The lowest BCUT2D eigenvalue weighted by atomic mass is 9.53. The molecule has 1 aromatic rings. The van der Waals surface area contributed by atoms with Crippen molar-refractivity contribution in [3.05, 3.63) is 11.3 Å². The van der Waals surface area contributed by atoms with Crippen molar-refractivity contribution in [2.24, 2.45) is 17.8 Å². The van der Waals surface area contributed by atoms with Gasteiger partial charge in [-0.1, -0.05) is 0 Å². The van der Waals surface area contributed by atoms with E-state index in [-0.39, 0.29) is 5.54 Å². The molecular formula is C15H21N3O. The molecule has 0 aromatic carbocycles. The van der Waals surface area contributed by atoms with Gasteiger partial charge in [-0.2, -0.15) is 5.10 Å². The smallest absolute Gasteiger partial charge is 0.151 e. The number of rotatable bonds is 1. The Morgan fingerprint density at radius 2 is 1.68 bits per heavy atom.